The van der Waals surface area contributed by atoms with Crippen LogP contribution in [0.2, 0.25) is 0 Å². The monoisotopic (exact) mass is 359 g/mol. The summed E-state index contributed by atoms with van der Waals surface area (Å²) in [4.78, 5) is 2.18. The van der Waals surface area contributed by atoms with E-state index in [0.717, 1.165) is 11.8 Å². The quantitative estimate of drug-likeness (QED) is 0.554. The molecule has 2 aromatic carbocycles. The fourth-order valence-electron chi connectivity index (χ4n) is 2.65. The SMILES string of the molecule is CN(C)c1ccc2c(c1O)C(c1ccc(O)cc1)=C(O)C(O)=C(O)S2. The Bertz CT molecular complexity index is 900. The Morgan fingerprint density at radius 1 is 0.800 bits per heavy atom. The Morgan fingerprint density at radius 3 is 2.04 bits per heavy atom. The van der Waals surface area contributed by atoms with Gasteiger partial charge in [-0.1, -0.05) is 12.1 Å². The minimum absolute atomic E-state index is 0.0425. The van der Waals surface area contributed by atoms with Gasteiger partial charge in [0.25, 0.3) is 0 Å². The van der Waals surface area contributed by atoms with Crippen LogP contribution in [0.25, 0.3) is 5.57 Å². The third-order valence-corrected chi connectivity index (χ3v) is 4.82. The zero-order valence-corrected chi connectivity index (χ0v) is 14.4. The number of thioether (sulfide) groups is 1. The van der Waals surface area contributed by atoms with E-state index in [1.807, 2.05) is 0 Å². The molecule has 0 aliphatic carbocycles. The molecule has 0 radical (unpaired) electrons. The van der Waals surface area contributed by atoms with E-state index in [9.17, 15) is 25.5 Å². The molecule has 0 bridgehead atoms. The van der Waals surface area contributed by atoms with Gasteiger partial charge < -0.3 is 30.4 Å². The summed E-state index contributed by atoms with van der Waals surface area (Å²) in [6.07, 6.45) is 0. The summed E-state index contributed by atoms with van der Waals surface area (Å²) < 4.78 is 0. The van der Waals surface area contributed by atoms with Crippen LogP contribution in [0, 0.1) is 0 Å². The van der Waals surface area contributed by atoms with Crippen molar-refractivity contribution in [2.75, 3.05) is 19.0 Å². The van der Waals surface area contributed by atoms with Crippen molar-refractivity contribution < 1.29 is 25.5 Å². The number of benzene rings is 2. The maximum Gasteiger partial charge on any atom is 0.208 e. The summed E-state index contributed by atoms with van der Waals surface area (Å²) >= 11 is 0.836. The molecule has 0 atom stereocenters. The largest absolute Gasteiger partial charge is 0.508 e. The van der Waals surface area contributed by atoms with Gasteiger partial charge in [0.15, 0.2) is 5.76 Å². The van der Waals surface area contributed by atoms with Crippen LogP contribution in [-0.4, -0.2) is 39.6 Å². The molecule has 0 saturated carbocycles. The zero-order chi connectivity index (χ0) is 18.3. The lowest BCUT2D eigenvalue weighted by atomic mass is 9.94. The molecule has 3 rings (SSSR count). The summed E-state index contributed by atoms with van der Waals surface area (Å²) in [7, 11) is 3.53. The fraction of sp³-hybridized carbons (Fsp3) is 0.111. The van der Waals surface area contributed by atoms with Gasteiger partial charge in [-0.25, -0.2) is 0 Å². The van der Waals surface area contributed by atoms with Crippen LogP contribution in [-0.2, 0) is 0 Å². The maximum atomic E-state index is 10.8. The molecule has 1 heterocycles. The van der Waals surface area contributed by atoms with Crippen molar-refractivity contribution >= 4 is 23.0 Å². The molecular weight excluding hydrogens is 342 g/mol. The highest BCUT2D eigenvalue weighted by atomic mass is 32.2. The number of hydrogen-bond donors (Lipinski definition) is 5. The molecule has 1 aliphatic rings. The average molecular weight is 359 g/mol. The number of aliphatic hydroxyl groups is 3. The molecule has 1 aliphatic heterocycles. The Labute approximate surface area is 148 Å². The second-order valence-electron chi connectivity index (χ2n) is 5.73. The molecule has 6 nitrogen and oxygen atoms in total. The van der Waals surface area contributed by atoms with E-state index < -0.39 is 16.6 Å². The van der Waals surface area contributed by atoms with Gasteiger partial charge in [0.2, 0.25) is 10.9 Å². The Hall–Kier alpha value is -2.93. The lowest BCUT2D eigenvalue weighted by Crippen LogP contribution is -2.10. The van der Waals surface area contributed by atoms with Crippen LogP contribution in [0.3, 0.4) is 0 Å². The van der Waals surface area contributed by atoms with Crippen LogP contribution in [0.15, 0.2) is 57.9 Å². The van der Waals surface area contributed by atoms with Crippen LogP contribution in [0.4, 0.5) is 5.69 Å². The first-order chi connectivity index (χ1) is 11.8. The van der Waals surface area contributed by atoms with Crippen molar-refractivity contribution in [3.8, 4) is 11.5 Å². The van der Waals surface area contributed by atoms with Crippen molar-refractivity contribution in [3.63, 3.8) is 0 Å². The van der Waals surface area contributed by atoms with Crippen molar-refractivity contribution in [3.05, 3.63) is 64.1 Å². The molecule has 0 spiro atoms. The molecule has 7 heteroatoms. The van der Waals surface area contributed by atoms with Gasteiger partial charge in [-0.05, 0) is 41.6 Å². The van der Waals surface area contributed by atoms with Crippen LogP contribution >= 0.6 is 11.8 Å². The van der Waals surface area contributed by atoms with Gasteiger partial charge in [-0.3, -0.25) is 0 Å². The number of nitrogens with zero attached hydrogens (tertiary/aromatic N) is 1. The standard InChI is InChI=1S/C18H17NO5S/c1-19(2)11-7-8-12-14(15(11)21)13(9-3-5-10(20)6-4-9)16(22)17(23)18(24)25-12/h3-8,20-24H,1-2H3. The molecule has 0 fully saturated rings. The lowest BCUT2D eigenvalue weighted by molar-refractivity contribution is 0.301. The van der Waals surface area contributed by atoms with Crippen molar-refractivity contribution in [2.45, 2.75) is 4.90 Å². The number of hydrogen-bond acceptors (Lipinski definition) is 7. The average Bonchev–Trinajstić information content (AvgIpc) is 2.66. The van der Waals surface area contributed by atoms with E-state index >= 15 is 0 Å². The molecular formula is C18H17NO5S. The first-order valence-corrected chi connectivity index (χ1v) is 8.19. The highest BCUT2D eigenvalue weighted by Crippen LogP contribution is 2.48. The number of rotatable bonds is 2. The number of fused-ring (bicyclic) bond motifs is 1. The molecule has 0 aromatic heterocycles. The van der Waals surface area contributed by atoms with Crippen molar-refractivity contribution in [2.24, 2.45) is 0 Å². The summed E-state index contributed by atoms with van der Waals surface area (Å²) in [6.45, 7) is 0. The van der Waals surface area contributed by atoms with Gasteiger partial charge >= 0.3 is 0 Å². The smallest absolute Gasteiger partial charge is 0.208 e. The number of aliphatic hydroxyl groups excluding tert-OH is 3. The van der Waals surface area contributed by atoms with Gasteiger partial charge in [-0.2, -0.15) is 0 Å². The second-order valence-corrected chi connectivity index (χ2v) is 6.76. The topological polar surface area (TPSA) is 104 Å². The van der Waals surface area contributed by atoms with Crippen LogP contribution in [0.5, 0.6) is 11.5 Å². The first-order valence-electron chi connectivity index (χ1n) is 7.38. The van der Waals surface area contributed by atoms with E-state index in [1.165, 1.54) is 12.1 Å². The van der Waals surface area contributed by atoms with Crippen LogP contribution in [0.1, 0.15) is 11.1 Å². The highest BCUT2D eigenvalue weighted by Gasteiger charge is 2.29. The summed E-state index contributed by atoms with van der Waals surface area (Å²) in [5.41, 5.74) is 1.43. The third-order valence-electron chi connectivity index (χ3n) is 3.88. The number of phenols is 2. The van der Waals surface area contributed by atoms with Gasteiger partial charge in [-0.15, -0.1) is 0 Å². The first kappa shape index (κ1) is 16.9. The van der Waals surface area contributed by atoms with Crippen molar-refractivity contribution in [1.82, 2.24) is 0 Å². The zero-order valence-electron chi connectivity index (χ0n) is 13.6. The number of phenolic OH excluding ortho intramolecular Hbond substituents is 2. The van der Waals surface area contributed by atoms with Crippen LogP contribution < -0.4 is 4.90 Å². The second kappa shape index (κ2) is 6.18. The fourth-order valence-corrected chi connectivity index (χ4v) is 3.49. The molecule has 0 unspecified atom stereocenters. The van der Waals surface area contributed by atoms with Gasteiger partial charge in [0.05, 0.1) is 5.69 Å². The Morgan fingerprint density at radius 2 is 1.44 bits per heavy atom. The Balaban J connectivity index is 2.38. The van der Waals surface area contributed by atoms with E-state index in [1.54, 1.807) is 43.3 Å². The minimum atomic E-state index is -0.671. The molecule has 2 aromatic rings. The molecule has 0 saturated heterocycles. The highest BCUT2D eigenvalue weighted by molar-refractivity contribution is 8.03. The van der Waals surface area contributed by atoms with E-state index in [0.29, 0.717) is 16.1 Å². The Kier molecular flexibility index (Phi) is 4.18. The predicted molar refractivity (Wildman–Crippen MR) is 97.3 cm³/mol. The number of anilines is 1. The summed E-state index contributed by atoms with van der Waals surface area (Å²) in [5.74, 6) is -1.27. The number of aromatic hydroxyl groups is 2. The van der Waals surface area contributed by atoms with E-state index in [2.05, 4.69) is 0 Å². The van der Waals surface area contributed by atoms with Crippen molar-refractivity contribution in [1.29, 1.82) is 0 Å². The minimum Gasteiger partial charge on any atom is -0.508 e. The van der Waals surface area contributed by atoms with Gasteiger partial charge in [0.1, 0.15) is 11.5 Å². The molecule has 0 amide bonds. The van der Waals surface area contributed by atoms with Gasteiger partial charge in [0, 0.05) is 30.1 Å². The maximum absolute atomic E-state index is 10.8. The van der Waals surface area contributed by atoms with E-state index in [4.69, 9.17) is 0 Å². The molecule has 25 heavy (non-hydrogen) atoms. The summed E-state index contributed by atoms with van der Waals surface area (Å²) in [6, 6.07) is 9.33. The third kappa shape index (κ3) is 2.83. The predicted octanol–water partition coefficient (Wildman–Crippen LogP) is 3.87. The molecule has 130 valence electrons. The lowest BCUT2D eigenvalue weighted by Gasteiger charge is -2.20. The normalized spacial score (nSPS) is 14.3. The molecule has 5 N–H and O–H groups in total. The van der Waals surface area contributed by atoms with E-state index in [-0.39, 0.29) is 22.6 Å². The summed E-state index contributed by atoms with van der Waals surface area (Å²) in [5, 5.41) is 50.5.